The molecule has 0 saturated carbocycles. The molecule has 0 saturated heterocycles. The third-order valence-electron chi connectivity index (χ3n) is 1.04. The van der Waals surface area contributed by atoms with E-state index in [1.54, 1.807) is 0 Å². The first-order chi connectivity index (χ1) is 4.93. The first kappa shape index (κ1) is 17.4. The van der Waals surface area contributed by atoms with Crippen LogP contribution in [-0.2, 0) is 0 Å². The summed E-state index contributed by atoms with van der Waals surface area (Å²) in [5.41, 5.74) is 1.17. The fraction of sp³-hybridized carbons (Fsp3) is 0. The van der Waals surface area contributed by atoms with Crippen molar-refractivity contribution < 1.29 is 0 Å². The van der Waals surface area contributed by atoms with Crippen LogP contribution < -0.4 is 0 Å². The van der Waals surface area contributed by atoms with Crippen LogP contribution in [0.1, 0.15) is 5.56 Å². The maximum atomic E-state index is 3.63. The Morgan fingerprint density at radius 2 is 1.33 bits per heavy atom. The molecule has 1 rings (SSSR count). The Labute approximate surface area is 86.8 Å². The Balaban J connectivity index is -0.000000189. The summed E-state index contributed by atoms with van der Waals surface area (Å²) in [6.45, 7) is 9.63. The molecule has 0 radical (unpaired) electrons. The van der Waals surface area contributed by atoms with Crippen LogP contribution in [0.3, 0.4) is 0 Å². The van der Waals surface area contributed by atoms with Gasteiger partial charge in [0.1, 0.15) is 0 Å². The Morgan fingerprint density at radius 3 is 1.58 bits per heavy atom. The summed E-state index contributed by atoms with van der Waals surface area (Å²) in [5, 5.41) is 0. The van der Waals surface area contributed by atoms with E-state index in [-0.39, 0.29) is 24.8 Å². The van der Waals surface area contributed by atoms with Crippen molar-refractivity contribution in [1.82, 2.24) is 0 Å². The van der Waals surface area contributed by atoms with E-state index in [1.165, 1.54) is 5.56 Å². The molecule has 0 heterocycles. The van der Waals surface area contributed by atoms with Crippen LogP contribution in [-0.4, -0.2) is 0 Å². The van der Waals surface area contributed by atoms with Crippen LogP contribution in [0.2, 0.25) is 0 Å². The molecule has 0 atom stereocenters. The van der Waals surface area contributed by atoms with Crippen LogP contribution in [0.15, 0.2) is 50.1 Å². The fourth-order valence-electron chi connectivity index (χ4n) is 0.589. The average molecular weight is 205 g/mol. The van der Waals surface area contributed by atoms with Gasteiger partial charge in [-0.15, -0.1) is 38.0 Å². The first-order valence-corrected chi connectivity index (χ1v) is 3.11. The lowest BCUT2D eigenvalue weighted by Gasteiger charge is -1.85. The van der Waals surface area contributed by atoms with Gasteiger partial charge in [-0.2, -0.15) is 0 Å². The van der Waals surface area contributed by atoms with E-state index in [1.807, 2.05) is 36.4 Å². The van der Waals surface area contributed by atoms with Crippen LogP contribution in [0.25, 0.3) is 6.08 Å². The molecule has 0 fully saturated rings. The lowest BCUT2D eigenvalue weighted by molar-refractivity contribution is 1.67. The van der Waals surface area contributed by atoms with Crippen molar-refractivity contribution in [3.05, 3.63) is 55.6 Å². The summed E-state index contributed by atoms with van der Waals surface area (Å²) >= 11 is 0. The summed E-state index contributed by atoms with van der Waals surface area (Å²) in [6.07, 6.45) is 1.83. The fourth-order valence-corrected chi connectivity index (χ4v) is 0.589. The topological polar surface area (TPSA) is 0 Å². The van der Waals surface area contributed by atoms with Crippen molar-refractivity contribution in [3.8, 4) is 0 Å². The van der Waals surface area contributed by atoms with Gasteiger partial charge in [0, 0.05) is 0 Å². The highest BCUT2D eigenvalue weighted by Gasteiger charge is 1.75. The second kappa shape index (κ2) is 12.9. The van der Waals surface area contributed by atoms with Crippen molar-refractivity contribution in [2.24, 2.45) is 0 Å². The van der Waals surface area contributed by atoms with E-state index in [0.29, 0.717) is 0 Å². The monoisotopic (exact) mass is 204 g/mol. The van der Waals surface area contributed by atoms with Crippen LogP contribution in [0.4, 0.5) is 0 Å². The van der Waals surface area contributed by atoms with Gasteiger partial charge in [-0.1, -0.05) is 43.0 Å². The molecular formula is C10H14Cl2. The third kappa shape index (κ3) is 7.39. The number of hydrogen-bond acceptors (Lipinski definition) is 0. The largest absolute Gasteiger partial charge is 0.147 e. The molecule has 0 spiro atoms. The van der Waals surface area contributed by atoms with E-state index in [2.05, 4.69) is 19.7 Å². The van der Waals surface area contributed by atoms with Gasteiger partial charge in [0.25, 0.3) is 0 Å². The second-order valence-electron chi connectivity index (χ2n) is 1.61. The molecule has 0 N–H and O–H groups in total. The van der Waals surface area contributed by atoms with Crippen molar-refractivity contribution in [2.75, 3.05) is 0 Å². The van der Waals surface area contributed by atoms with Gasteiger partial charge in [-0.25, -0.2) is 0 Å². The minimum atomic E-state index is 0. The normalized spacial score (nSPS) is 6.00. The molecule has 0 amide bonds. The molecule has 0 bridgehead atoms. The Bertz CT molecular complexity index is 182. The van der Waals surface area contributed by atoms with Gasteiger partial charge in [0.2, 0.25) is 0 Å². The lowest BCUT2D eigenvalue weighted by Crippen LogP contribution is -1.63. The Hall–Kier alpha value is -0.720. The molecule has 68 valence electrons. The molecule has 2 heteroatoms. The standard InChI is InChI=1S/C8H8.C2H4.2ClH/c1-2-8-6-4-3-5-7-8;1-2;;/h2-7H,1H2;1-2H2;2*1H. The van der Waals surface area contributed by atoms with Crippen LogP contribution in [0.5, 0.6) is 0 Å². The highest BCUT2D eigenvalue weighted by atomic mass is 35.5. The molecule has 0 aliphatic carbocycles. The van der Waals surface area contributed by atoms with Gasteiger partial charge < -0.3 is 0 Å². The van der Waals surface area contributed by atoms with Crippen LogP contribution in [0, 0.1) is 0 Å². The maximum Gasteiger partial charge on any atom is -0.0263 e. The smallest absolute Gasteiger partial charge is 0.0263 e. The Kier molecular flexibility index (Phi) is 18.7. The van der Waals surface area contributed by atoms with Crippen LogP contribution >= 0.6 is 24.8 Å². The SMILES string of the molecule is C=C.C=Cc1ccccc1.Cl.Cl. The average Bonchev–Trinajstić information content (AvgIpc) is 2.10. The molecule has 1 aromatic carbocycles. The first-order valence-electron chi connectivity index (χ1n) is 3.11. The predicted molar refractivity (Wildman–Crippen MR) is 62.3 cm³/mol. The number of rotatable bonds is 1. The molecule has 0 aliphatic heterocycles. The molecule has 0 nitrogen and oxygen atoms in total. The van der Waals surface area contributed by atoms with Gasteiger partial charge in [-0.3, -0.25) is 0 Å². The number of benzene rings is 1. The second-order valence-corrected chi connectivity index (χ2v) is 1.61. The zero-order valence-corrected chi connectivity index (χ0v) is 8.53. The van der Waals surface area contributed by atoms with Gasteiger partial charge in [-0.05, 0) is 5.56 Å². The zero-order valence-electron chi connectivity index (χ0n) is 6.90. The van der Waals surface area contributed by atoms with Crippen molar-refractivity contribution >= 4 is 30.9 Å². The van der Waals surface area contributed by atoms with Gasteiger partial charge in [0.05, 0.1) is 0 Å². The third-order valence-corrected chi connectivity index (χ3v) is 1.04. The highest BCUT2D eigenvalue weighted by molar-refractivity contribution is 5.85. The number of hydrogen-bond donors (Lipinski definition) is 0. The maximum absolute atomic E-state index is 3.63. The quantitative estimate of drug-likeness (QED) is 0.608. The van der Waals surface area contributed by atoms with Gasteiger partial charge in [0.15, 0.2) is 0 Å². The molecule has 0 aromatic heterocycles. The van der Waals surface area contributed by atoms with Crippen molar-refractivity contribution in [1.29, 1.82) is 0 Å². The van der Waals surface area contributed by atoms with E-state index in [4.69, 9.17) is 0 Å². The van der Waals surface area contributed by atoms with Crippen molar-refractivity contribution in [3.63, 3.8) is 0 Å². The highest BCUT2D eigenvalue weighted by Crippen LogP contribution is 1.97. The summed E-state index contributed by atoms with van der Waals surface area (Å²) in [4.78, 5) is 0. The zero-order chi connectivity index (χ0) is 7.82. The Morgan fingerprint density at radius 1 is 0.917 bits per heavy atom. The minimum absolute atomic E-state index is 0. The van der Waals surface area contributed by atoms with E-state index in [0.717, 1.165) is 0 Å². The molecular weight excluding hydrogens is 191 g/mol. The molecule has 0 unspecified atom stereocenters. The van der Waals surface area contributed by atoms with E-state index < -0.39 is 0 Å². The predicted octanol–water partition coefficient (Wildman–Crippen LogP) is 3.98. The summed E-state index contributed by atoms with van der Waals surface area (Å²) in [6, 6.07) is 10.0. The molecule has 1 aromatic rings. The number of halogens is 2. The summed E-state index contributed by atoms with van der Waals surface area (Å²) in [7, 11) is 0. The summed E-state index contributed by atoms with van der Waals surface area (Å²) < 4.78 is 0. The molecule has 12 heavy (non-hydrogen) atoms. The summed E-state index contributed by atoms with van der Waals surface area (Å²) in [5.74, 6) is 0. The minimum Gasteiger partial charge on any atom is -0.147 e. The van der Waals surface area contributed by atoms with E-state index >= 15 is 0 Å². The van der Waals surface area contributed by atoms with Crippen molar-refractivity contribution in [2.45, 2.75) is 0 Å². The van der Waals surface area contributed by atoms with Gasteiger partial charge >= 0.3 is 0 Å². The molecule has 0 aliphatic rings. The lowest BCUT2D eigenvalue weighted by atomic mass is 10.2. The van der Waals surface area contributed by atoms with E-state index in [9.17, 15) is 0 Å².